The first-order chi connectivity index (χ1) is 10.4. The lowest BCUT2D eigenvalue weighted by molar-refractivity contribution is -0.122. The second-order valence-electron chi connectivity index (χ2n) is 5.60. The van der Waals surface area contributed by atoms with Crippen molar-refractivity contribution in [3.63, 3.8) is 0 Å². The number of ether oxygens (including phenoxy) is 1. The number of benzene rings is 2. The van der Waals surface area contributed by atoms with Crippen molar-refractivity contribution in [2.75, 3.05) is 0 Å². The van der Waals surface area contributed by atoms with Crippen molar-refractivity contribution >= 4 is 11.9 Å². The van der Waals surface area contributed by atoms with Gasteiger partial charge in [0.2, 0.25) is 5.91 Å². The molecule has 22 heavy (non-hydrogen) atoms. The van der Waals surface area contributed by atoms with Crippen molar-refractivity contribution in [1.29, 1.82) is 0 Å². The highest BCUT2D eigenvalue weighted by molar-refractivity contribution is 5.95. The van der Waals surface area contributed by atoms with E-state index in [2.05, 4.69) is 0 Å². The van der Waals surface area contributed by atoms with E-state index in [0.717, 1.165) is 5.56 Å². The Bertz CT molecular complexity index is 678. The Morgan fingerprint density at radius 3 is 2.23 bits per heavy atom. The second kappa shape index (κ2) is 6.43. The fourth-order valence-electron chi connectivity index (χ4n) is 2.14. The van der Waals surface area contributed by atoms with E-state index in [-0.39, 0.29) is 6.61 Å². The molecule has 4 heteroatoms. The Morgan fingerprint density at radius 1 is 1.00 bits per heavy atom. The number of carbonyl (C=O) groups is 2. The van der Waals surface area contributed by atoms with Crippen LogP contribution in [-0.4, -0.2) is 11.9 Å². The van der Waals surface area contributed by atoms with Crippen molar-refractivity contribution in [2.45, 2.75) is 25.9 Å². The van der Waals surface area contributed by atoms with Crippen LogP contribution in [0.5, 0.6) is 0 Å². The molecule has 0 aliphatic carbocycles. The smallest absolute Gasteiger partial charge is 0.338 e. The van der Waals surface area contributed by atoms with Crippen LogP contribution >= 0.6 is 0 Å². The molecule has 2 aromatic rings. The van der Waals surface area contributed by atoms with Gasteiger partial charge in [0.05, 0.1) is 11.0 Å². The van der Waals surface area contributed by atoms with Crippen molar-refractivity contribution in [1.82, 2.24) is 0 Å². The van der Waals surface area contributed by atoms with E-state index in [1.807, 2.05) is 30.3 Å². The Labute approximate surface area is 129 Å². The number of nitrogens with two attached hydrogens (primary N) is 1. The van der Waals surface area contributed by atoms with E-state index < -0.39 is 17.3 Å². The molecule has 0 bridgehead atoms. The number of hydrogen-bond donors (Lipinski definition) is 1. The summed E-state index contributed by atoms with van der Waals surface area (Å²) in [5, 5.41) is 0. The van der Waals surface area contributed by atoms with Gasteiger partial charge in [-0.05, 0) is 31.0 Å². The lowest BCUT2D eigenvalue weighted by atomic mass is 9.81. The second-order valence-corrected chi connectivity index (χ2v) is 5.60. The van der Waals surface area contributed by atoms with Gasteiger partial charge in [-0.1, -0.05) is 48.5 Å². The maximum Gasteiger partial charge on any atom is 0.338 e. The minimum absolute atomic E-state index is 0.186. The summed E-state index contributed by atoms with van der Waals surface area (Å²) >= 11 is 0. The molecular weight excluding hydrogens is 278 g/mol. The summed E-state index contributed by atoms with van der Waals surface area (Å²) in [7, 11) is 0. The zero-order chi connectivity index (χ0) is 16.2. The van der Waals surface area contributed by atoms with Gasteiger partial charge < -0.3 is 10.5 Å². The van der Waals surface area contributed by atoms with E-state index in [0.29, 0.717) is 11.1 Å². The summed E-state index contributed by atoms with van der Waals surface area (Å²) in [4.78, 5) is 24.0. The molecule has 0 unspecified atom stereocenters. The molecule has 0 atom stereocenters. The Hall–Kier alpha value is -2.62. The molecule has 1 amide bonds. The van der Waals surface area contributed by atoms with Gasteiger partial charge in [-0.2, -0.15) is 0 Å². The maximum absolute atomic E-state index is 12.3. The summed E-state index contributed by atoms with van der Waals surface area (Å²) in [6.45, 7) is 3.57. The summed E-state index contributed by atoms with van der Waals surface area (Å²) in [6, 6.07) is 16.3. The minimum atomic E-state index is -0.942. The number of amides is 1. The largest absolute Gasteiger partial charge is 0.457 e. The van der Waals surface area contributed by atoms with E-state index >= 15 is 0 Å². The lowest BCUT2D eigenvalue weighted by Gasteiger charge is -2.23. The molecule has 2 N–H and O–H groups in total. The molecule has 0 aliphatic heterocycles. The molecule has 0 spiro atoms. The van der Waals surface area contributed by atoms with Crippen LogP contribution in [-0.2, 0) is 21.6 Å². The zero-order valence-corrected chi connectivity index (χ0v) is 12.7. The highest BCUT2D eigenvalue weighted by atomic mass is 16.5. The predicted octanol–water partition coefficient (Wildman–Crippen LogP) is 2.81. The van der Waals surface area contributed by atoms with E-state index in [9.17, 15) is 9.59 Å². The van der Waals surface area contributed by atoms with Gasteiger partial charge in [0.15, 0.2) is 0 Å². The van der Waals surface area contributed by atoms with Crippen LogP contribution < -0.4 is 5.73 Å². The summed E-state index contributed by atoms with van der Waals surface area (Å²) in [5.41, 5.74) is 6.34. The van der Waals surface area contributed by atoms with Crippen LogP contribution in [0.25, 0.3) is 0 Å². The normalized spacial score (nSPS) is 11.0. The van der Waals surface area contributed by atoms with Gasteiger partial charge in [-0.25, -0.2) is 4.79 Å². The molecule has 0 heterocycles. The molecule has 0 aromatic heterocycles. The zero-order valence-electron chi connectivity index (χ0n) is 12.7. The van der Waals surface area contributed by atoms with E-state index in [4.69, 9.17) is 10.5 Å². The summed E-state index contributed by atoms with van der Waals surface area (Å²) in [5.74, 6) is -0.954. The van der Waals surface area contributed by atoms with Crippen molar-refractivity contribution in [3.8, 4) is 0 Å². The molecule has 2 aromatic carbocycles. The first-order valence-electron chi connectivity index (χ1n) is 7.03. The van der Waals surface area contributed by atoms with Crippen LogP contribution in [0, 0.1) is 0 Å². The molecule has 0 saturated heterocycles. The van der Waals surface area contributed by atoms with Gasteiger partial charge in [-0.3, -0.25) is 4.79 Å². The van der Waals surface area contributed by atoms with E-state index in [1.165, 1.54) is 0 Å². The van der Waals surface area contributed by atoms with Crippen molar-refractivity contribution < 1.29 is 14.3 Å². The number of carbonyl (C=O) groups excluding carboxylic acids is 2. The van der Waals surface area contributed by atoms with Gasteiger partial charge in [-0.15, -0.1) is 0 Å². The fourth-order valence-corrected chi connectivity index (χ4v) is 2.14. The highest BCUT2D eigenvalue weighted by Gasteiger charge is 2.31. The molecule has 0 fully saturated rings. The van der Waals surface area contributed by atoms with Crippen molar-refractivity contribution in [3.05, 3.63) is 71.3 Å². The first kappa shape index (κ1) is 15.8. The Balaban J connectivity index is 2.22. The number of esters is 1. The molecule has 0 aliphatic rings. The van der Waals surface area contributed by atoms with E-state index in [1.54, 1.807) is 38.1 Å². The molecular formula is C18H19NO3. The average Bonchev–Trinajstić information content (AvgIpc) is 2.53. The quantitative estimate of drug-likeness (QED) is 0.863. The number of rotatable bonds is 5. The third kappa shape index (κ3) is 3.34. The van der Waals surface area contributed by atoms with Crippen LogP contribution in [0.1, 0.15) is 35.3 Å². The molecule has 114 valence electrons. The molecule has 0 radical (unpaired) electrons. The summed E-state index contributed by atoms with van der Waals surface area (Å²) < 4.78 is 5.34. The van der Waals surface area contributed by atoms with Crippen LogP contribution in [0.15, 0.2) is 54.6 Å². The monoisotopic (exact) mass is 297 g/mol. The molecule has 2 rings (SSSR count). The number of hydrogen-bond acceptors (Lipinski definition) is 3. The van der Waals surface area contributed by atoms with Crippen molar-refractivity contribution in [2.24, 2.45) is 5.73 Å². The maximum atomic E-state index is 12.3. The number of primary amides is 1. The third-order valence-electron chi connectivity index (χ3n) is 3.65. The lowest BCUT2D eigenvalue weighted by Crippen LogP contribution is -2.36. The topological polar surface area (TPSA) is 69.4 Å². The Kier molecular flexibility index (Phi) is 4.61. The van der Waals surface area contributed by atoms with Crippen LogP contribution in [0.4, 0.5) is 0 Å². The molecule has 4 nitrogen and oxygen atoms in total. The Morgan fingerprint density at radius 2 is 1.59 bits per heavy atom. The van der Waals surface area contributed by atoms with Crippen LogP contribution in [0.3, 0.4) is 0 Å². The minimum Gasteiger partial charge on any atom is -0.457 e. The average molecular weight is 297 g/mol. The third-order valence-corrected chi connectivity index (χ3v) is 3.65. The predicted molar refractivity (Wildman–Crippen MR) is 84.2 cm³/mol. The van der Waals surface area contributed by atoms with Gasteiger partial charge in [0.1, 0.15) is 6.61 Å². The SMILES string of the molecule is CC(C)(C(N)=O)c1ccccc1C(=O)OCc1ccccc1. The standard InChI is InChI=1S/C18H19NO3/c1-18(2,17(19)21)15-11-7-6-10-14(15)16(20)22-12-13-8-4-3-5-9-13/h3-11H,12H2,1-2H3,(H2,19,21). The fraction of sp³-hybridized carbons (Fsp3) is 0.222. The highest BCUT2D eigenvalue weighted by Crippen LogP contribution is 2.27. The van der Waals surface area contributed by atoms with Gasteiger partial charge in [0, 0.05) is 0 Å². The first-order valence-corrected chi connectivity index (χ1v) is 7.03. The molecule has 0 saturated carbocycles. The van der Waals surface area contributed by atoms with Crippen LogP contribution in [0.2, 0.25) is 0 Å². The van der Waals surface area contributed by atoms with Gasteiger partial charge in [0.25, 0.3) is 0 Å². The summed E-state index contributed by atoms with van der Waals surface area (Å²) in [6.07, 6.45) is 0. The van der Waals surface area contributed by atoms with Gasteiger partial charge >= 0.3 is 5.97 Å².